The van der Waals surface area contributed by atoms with E-state index >= 15 is 0 Å². The number of hydrogen-bond acceptors (Lipinski definition) is 4. The monoisotopic (exact) mass is 481 g/mol. The van der Waals surface area contributed by atoms with Crippen molar-refractivity contribution in [3.05, 3.63) is 144 Å². The van der Waals surface area contributed by atoms with Crippen LogP contribution in [0.4, 0.5) is 0 Å². The van der Waals surface area contributed by atoms with Gasteiger partial charge in [0.2, 0.25) is 0 Å². The van der Waals surface area contributed by atoms with E-state index in [-0.39, 0.29) is 18.1 Å². The van der Waals surface area contributed by atoms with Crippen LogP contribution in [0.3, 0.4) is 0 Å². The van der Waals surface area contributed by atoms with Gasteiger partial charge in [0.25, 0.3) is 0 Å². The molecule has 0 aliphatic heterocycles. The van der Waals surface area contributed by atoms with Gasteiger partial charge in [-0.25, -0.2) is 4.79 Å². The summed E-state index contributed by atoms with van der Waals surface area (Å²) in [5, 5.41) is 8.38. The summed E-state index contributed by atoms with van der Waals surface area (Å²) in [6, 6.07) is 37.1. The lowest BCUT2D eigenvalue weighted by molar-refractivity contribution is 0.0696. The first-order valence-electron chi connectivity index (χ1n) is 11.7. The largest absolute Gasteiger partial charge is 0.478 e. The molecule has 5 heteroatoms. The maximum absolute atomic E-state index is 11.8. The lowest BCUT2D eigenvalue weighted by Gasteiger charge is -2.01. The maximum Gasteiger partial charge on any atom is 0.335 e. The van der Waals surface area contributed by atoms with Gasteiger partial charge in [-0.15, -0.1) is 0 Å². The number of carbonyl (C=O) groups is 3. The van der Waals surface area contributed by atoms with Gasteiger partial charge in [0.15, 0.2) is 11.6 Å². The summed E-state index contributed by atoms with van der Waals surface area (Å²) >= 11 is 0. The van der Waals surface area contributed by atoms with Gasteiger partial charge < -0.3 is 10.8 Å². The zero-order chi connectivity index (χ0) is 26.0. The molecule has 4 aromatic rings. The average molecular weight is 482 g/mol. The van der Waals surface area contributed by atoms with Gasteiger partial charge in [0.1, 0.15) is 0 Å². The Balaban J connectivity index is 0.000000205. The Hall–Kier alpha value is -4.35. The van der Waals surface area contributed by atoms with Gasteiger partial charge in [-0.1, -0.05) is 109 Å². The Labute approximate surface area is 212 Å². The van der Waals surface area contributed by atoms with Gasteiger partial charge in [-0.3, -0.25) is 9.59 Å². The first-order chi connectivity index (χ1) is 17.5. The fourth-order valence-electron chi connectivity index (χ4n) is 3.19. The van der Waals surface area contributed by atoms with Crippen molar-refractivity contribution in [3.63, 3.8) is 0 Å². The molecular formula is C31H31NO4. The Bertz CT molecular complexity index is 1180. The summed E-state index contributed by atoms with van der Waals surface area (Å²) in [7, 11) is 0. The fraction of sp³-hybridized carbons (Fsp3) is 0.129. The summed E-state index contributed by atoms with van der Waals surface area (Å²) in [6.07, 6.45) is 2.51. The molecule has 5 nitrogen and oxygen atoms in total. The molecule has 0 saturated heterocycles. The fourth-order valence-corrected chi connectivity index (χ4v) is 3.19. The summed E-state index contributed by atoms with van der Waals surface area (Å²) < 4.78 is 0. The maximum atomic E-state index is 11.8. The molecule has 0 unspecified atom stereocenters. The molecule has 4 aromatic carbocycles. The molecular weight excluding hydrogens is 450 g/mol. The van der Waals surface area contributed by atoms with Crippen molar-refractivity contribution in [2.75, 3.05) is 6.54 Å². The van der Waals surface area contributed by atoms with Crippen LogP contribution in [0.2, 0.25) is 0 Å². The number of carboxylic acid groups (broad SMARTS) is 1. The van der Waals surface area contributed by atoms with Crippen molar-refractivity contribution >= 4 is 17.5 Å². The van der Waals surface area contributed by atoms with Gasteiger partial charge in [0.05, 0.1) is 12.1 Å². The minimum Gasteiger partial charge on any atom is -0.478 e. The van der Waals surface area contributed by atoms with Crippen LogP contribution < -0.4 is 5.73 Å². The van der Waals surface area contributed by atoms with Crippen molar-refractivity contribution in [2.24, 2.45) is 5.73 Å². The third-order valence-corrected chi connectivity index (χ3v) is 5.11. The van der Waals surface area contributed by atoms with E-state index < -0.39 is 5.97 Å². The van der Waals surface area contributed by atoms with Gasteiger partial charge >= 0.3 is 5.97 Å². The summed E-state index contributed by atoms with van der Waals surface area (Å²) in [5.41, 5.74) is 8.29. The molecule has 36 heavy (non-hydrogen) atoms. The Morgan fingerprint density at radius 1 is 0.556 bits per heavy atom. The molecule has 0 spiro atoms. The van der Waals surface area contributed by atoms with Crippen molar-refractivity contribution in [1.82, 2.24) is 0 Å². The number of carbonyl (C=O) groups excluding carboxylic acids is 2. The van der Waals surface area contributed by atoms with E-state index in [2.05, 4.69) is 12.1 Å². The number of hydrogen-bond donors (Lipinski definition) is 2. The zero-order valence-electron chi connectivity index (χ0n) is 20.1. The van der Waals surface area contributed by atoms with Crippen molar-refractivity contribution in [2.45, 2.75) is 19.3 Å². The van der Waals surface area contributed by atoms with E-state index in [1.54, 1.807) is 42.5 Å². The highest BCUT2D eigenvalue weighted by molar-refractivity contribution is 5.97. The minimum absolute atomic E-state index is 0.0133. The second kappa shape index (κ2) is 16.3. The number of Topliss-reactive ketones (excluding diaryl/α,β-unsaturated/α-hetero) is 2. The smallest absolute Gasteiger partial charge is 0.335 e. The Kier molecular flexibility index (Phi) is 12.6. The SMILES string of the molecule is NCC(=O)c1ccccc1.O=C(CCCc1ccccc1)c1ccccc1.O=C(O)c1ccccc1. The van der Waals surface area contributed by atoms with Crippen molar-refractivity contribution in [3.8, 4) is 0 Å². The molecule has 0 atom stereocenters. The first-order valence-corrected chi connectivity index (χ1v) is 11.7. The van der Waals surface area contributed by atoms with Crippen LogP contribution >= 0.6 is 0 Å². The average Bonchev–Trinajstić information content (AvgIpc) is 2.95. The van der Waals surface area contributed by atoms with E-state index in [0.29, 0.717) is 17.5 Å². The number of nitrogens with two attached hydrogens (primary N) is 1. The second-order valence-corrected chi connectivity index (χ2v) is 7.79. The van der Waals surface area contributed by atoms with Crippen LogP contribution in [0.5, 0.6) is 0 Å². The van der Waals surface area contributed by atoms with Crippen molar-refractivity contribution in [1.29, 1.82) is 0 Å². The number of aryl methyl sites for hydroxylation is 1. The molecule has 0 amide bonds. The standard InChI is InChI=1S/C16H16O.C8H9NO.C7H6O2/c17-16(15-11-5-2-6-12-15)13-7-10-14-8-3-1-4-9-14;9-6-8(10)7-4-2-1-3-5-7;8-7(9)6-4-2-1-3-5-6/h1-6,8-9,11-12H,7,10,13H2;1-5H,6,9H2;1-5H,(H,8,9). The van der Waals surface area contributed by atoms with Crippen LogP contribution in [-0.4, -0.2) is 29.2 Å². The number of aromatic carboxylic acids is 1. The Morgan fingerprint density at radius 2 is 0.944 bits per heavy atom. The summed E-state index contributed by atoms with van der Waals surface area (Å²) in [4.78, 5) is 32.9. The highest BCUT2D eigenvalue weighted by Gasteiger charge is 2.04. The van der Waals surface area contributed by atoms with Crippen LogP contribution in [0, 0.1) is 0 Å². The number of carboxylic acids is 1. The molecule has 0 aliphatic carbocycles. The molecule has 184 valence electrons. The van der Waals surface area contributed by atoms with Crippen LogP contribution in [0.15, 0.2) is 121 Å². The second-order valence-electron chi connectivity index (χ2n) is 7.79. The molecule has 0 radical (unpaired) electrons. The third kappa shape index (κ3) is 10.7. The normalized spacial score (nSPS) is 9.58. The highest BCUT2D eigenvalue weighted by Crippen LogP contribution is 2.09. The summed E-state index contributed by atoms with van der Waals surface area (Å²) in [5.74, 6) is -0.655. The Morgan fingerprint density at radius 3 is 1.33 bits per heavy atom. The molecule has 0 aliphatic rings. The van der Waals surface area contributed by atoms with Gasteiger partial charge in [-0.05, 0) is 30.5 Å². The predicted octanol–water partition coefficient (Wildman–Crippen LogP) is 6.11. The van der Waals surface area contributed by atoms with Crippen LogP contribution in [0.25, 0.3) is 0 Å². The van der Waals surface area contributed by atoms with E-state index in [9.17, 15) is 14.4 Å². The first kappa shape index (κ1) is 27.9. The summed E-state index contributed by atoms with van der Waals surface area (Å²) in [6.45, 7) is 0.0873. The molecule has 4 rings (SSSR count). The minimum atomic E-state index is -0.879. The quantitative estimate of drug-likeness (QED) is 0.296. The van der Waals surface area contributed by atoms with E-state index in [1.165, 1.54) is 5.56 Å². The van der Waals surface area contributed by atoms with Gasteiger partial charge in [0, 0.05) is 17.5 Å². The zero-order valence-corrected chi connectivity index (χ0v) is 20.1. The molecule has 0 saturated carbocycles. The lowest BCUT2D eigenvalue weighted by atomic mass is 10.0. The number of benzene rings is 4. The van der Waals surface area contributed by atoms with E-state index in [1.807, 2.05) is 66.7 Å². The number of ketones is 2. The predicted molar refractivity (Wildman–Crippen MR) is 143 cm³/mol. The van der Waals surface area contributed by atoms with E-state index in [4.69, 9.17) is 10.8 Å². The topological polar surface area (TPSA) is 97.5 Å². The number of rotatable bonds is 8. The molecule has 0 heterocycles. The van der Waals surface area contributed by atoms with Crippen LogP contribution in [-0.2, 0) is 6.42 Å². The van der Waals surface area contributed by atoms with Gasteiger partial charge in [-0.2, -0.15) is 0 Å². The molecule has 0 fully saturated rings. The molecule has 0 aromatic heterocycles. The highest BCUT2D eigenvalue weighted by atomic mass is 16.4. The molecule has 3 N–H and O–H groups in total. The van der Waals surface area contributed by atoms with Crippen LogP contribution in [0.1, 0.15) is 49.5 Å². The lowest BCUT2D eigenvalue weighted by Crippen LogP contribution is -2.12. The molecule has 0 bridgehead atoms. The van der Waals surface area contributed by atoms with E-state index in [0.717, 1.165) is 18.4 Å². The third-order valence-electron chi connectivity index (χ3n) is 5.11. The van der Waals surface area contributed by atoms with Crippen molar-refractivity contribution < 1.29 is 19.5 Å².